The molecule has 12 nitrogen and oxygen atoms in total. The van der Waals surface area contributed by atoms with Crippen LogP contribution in [0.1, 0.15) is 0 Å². The lowest BCUT2D eigenvalue weighted by atomic mass is 10.1. The second-order valence-corrected chi connectivity index (χ2v) is 7.16. The van der Waals surface area contributed by atoms with Crippen LogP contribution in [0, 0.1) is 20.2 Å². The molecular formula is C18H10Cl2N6O6. The Morgan fingerprint density at radius 2 is 1.53 bits per heavy atom. The van der Waals surface area contributed by atoms with Gasteiger partial charge in [0.05, 0.1) is 31.9 Å². The predicted octanol–water partition coefficient (Wildman–Crippen LogP) is 5.54. The first-order chi connectivity index (χ1) is 15.3. The van der Waals surface area contributed by atoms with E-state index in [1.54, 1.807) is 18.2 Å². The van der Waals surface area contributed by atoms with Gasteiger partial charge in [-0.15, -0.1) is 0 Å². The molecular weight excluding hydrogens is 467 g/mol. The minimum Gasteiger partial charge on any atom is -0.506 e. The van der Waals surface area contributed by atoms with Gasteiger partial charge >= 0.3 is 5.69 Å². The van der Waals surface area contributed by atoms with Gasteiger partial charge in [0.1, 0.15) is 16.5 Å². The molecule has 3 aromatic carbocycles. The number of nitrogens with zero attached hydrogens (tertiary/aromatic N) is 4. The van der Waals surface area contributed by atoms with Crippen molar-refractivity contribution in [2.45, 2.75) is 0 Å². The van der Waals surface area contributed by atoms with Crippen molar-refractivity contribution in [3.8, 4) is 5.75 Å². The topological polar surface area (TPSA) is 169 Å². The monoisotopic (exact) mass is 476 g/mol. The van der Waals surface area contributed by atoms with Crippen LogP contribution >= 0.6 is 23.2 Å². The molecule has 0 bridgehead atoms. The maximum absolute atomic E-state index is 11.8. The first-order valence-electron chi connectivity index (χ1n) is 8.65. The molecule has 1 heterocycles. The zero-order chi connectivity index (χ0) is 23.0. The first-order valence-corrected chi connectivity index (χ1v) is 9.41. The highest BCUT2D eigenvalue weighted by Crippen LogP contribution is 2.42. The second kappa shape index (κ2) is 8.17. The Hall–Kier alpha value is -4.16. The molecule has 14 heteroatoms. The summed E-state index contributed by atoms with van der Waals surface area (Å²) in [6, 6.07) is 9.81. The number of hydrogen-bond acceptors (Lipinski definition) is 10. The third-order valence-electron chi connectivity index (χ3n) is 4.37. The van der Waals surface area contributed by atoms with Crippen LogP contribution in [0.4, 0.5) is 34.1 Å². The van der Waals surface area contributed by atoms with Crippen molar-refractivity contribution in [3.05, 3.63) is 72.7 Å². The van der Waals surface area contributed by atoms with Gasteiger partial charge in [-0.3, -0.25) is 20.2 Å². The molecule has 0 atom stereocenters. The number of phenolic OH excluding ortho intramolecular Hbond substituents is 1. The number of anilines is 4. The standard InChI is InChI=1S/C18H10Cl2N6O6/c19-8-5-9(20)14(25(28)29)7-11(8)22-13-6-12(21-10-3-1-2-4-15(10)27)16-17(24-32-23-16)18(13)26(30)31/h1-7,21-22,27H. The fourth-order valence-electron chi connectivity index (χ4n) is 2.95. The number of nitro benzene ring substituents is 2. The summed E-state index contributed by atoms with van der Waals surface area (Å²) in [5.41, 5.74) is -0.746. The molecule has 3 N–H and O–H groups in total. The van der Waals surface area contributed by atoms with Crippen molar-refractivity contribution >= 4 is 68.4 Å². The number of phenols is 1. The fourth-order valence-corrected chi connectivity index (χ4v) is 3.45. The van der Waals surface area contributed by atoms with Crippen molar-refractivity contribution in [2.24, 2.45) is 0 Å². The molecule has 0 unspecified atom stereocenters. The van der Waals surface area contributed by atoms with E-state index in [2.05, 4.69) is 20.9 Å². The molecule has 0 saturated carbocycles. The van der Waals surface area contributed by atoms with Gasteiger partial charge < -0.3 is 15.7 Å². The Labute approximate surface area is 187 Å². The van der Waals surface area contributed by atoms with Gasteiger partial charge in [-0.1, -0.05) is 35.3 Å². The number of benzene rings is 3. The largest absolute Gasteiger partial charge is 0.506 e. The number of nitrogens with one attached hydrogen (secondary N) is 2. The van der Waals surface area contributed by atoms with E-state index in [1.807, 2.05) is 0 Å². The summed E-state index contributed by atoms with van der Waals surface area (Å²) >= 11 is 12.0. The van der Waals surface area contributed by atoms with Gasteiger partial charge in [0.2, 0.25) is 5.52 Å². The molecule has 1 aromatic heterocycles. The molecule has 32 heavy (non-hydrogen) atoms. The Morgan fingerprint density at radius 1 is 0.844 bits per heavy atom. The lowest BCUT2D eigenvalue weighted by molar-refractivity contribution is -0.384. The molecule has 0 aliphatic rings. The third kappa shape index (κ3) is 3.79. The van der Waals surface area contributed by atoms with Gasteiger partial charge in [-0.25, -0.2) is 4.63 Å². The number of aromatic hydroxyl groups is 1. The van der Waals surface area contributed by atoms with Gasteiger partial charge in [-0.2, -0.15) is 0 Å². The second-order valence-electron chi connectivity index (χ2n) is 6.35. The van der Waals surface area contributed by atoms with Gasteiger partial charge in [-0.05, 0) is 34.6 Å². The van der Waals surface area contributed by atoms with Crippen molar-refractivity contribution in [2.75, 3.05) is 10.6 Å². The van der Waals surface area contributed by atoms with Crippen LogP contribution in [0.5, 0.6) is 5.75 Å². The van der Waals surface area contributed by atoms with Crippen LogP contribution in [-0.2, 0) is 0 Å². The minimum atomic E-state index is -0.714. The predicted molar refractivity (Wildman–Crippen MR) is 116 cm³/mol. The lowest BCUT2D eigenvalue weighted by Crippen LogP contribution is -2.02. The van der Waals surface area contributed by atoms with Crippen LogP contribution in [0.3, 0.4) is 0 Å². The summed E-state index contributed by atoms with van der Waals surface area (Å²) in [6.45, 7) is 0. The molecule has 0 spiro atoms. The number of fused-ring (bicyclic) bond motifs is 1. The van der Waals surface area contributed by atoms with Crippen molar-refractivity contribution in [1.29, 1.82) is 0 Å². The highest BCUT2D eigenvalue weighted by atomic mass is 35.5. The molecule has 4 aromatic rings. The zero-order valence-corrected chi connectivity index (χ0v) is 17.1. The number of rotatable bonds is 6. The van der Waals surface area contributed by atoms with E-state index >= 15 is 0 Å². The van der Waals surface area contributed by atoms with Crippen LogP contribution in [0.25, 0.3) is 11.0 Å². The number of hydrogen-bond donors (Lipinski definition) is 3. The molecule has 0 aliphatic carbocycles. The lowest BCUT2D eigenvalue weighted by Gasteiger charge is -2.13. The number of halogens is 2. The smallest absolute Gasteiger partial charge is 0.324 e. The molecule has 0 aliphatic heterocycles. The van der Waals surface area contributed by atoms with Gasteiger partial charge in [0.25, 0.3) is 5.69 Å². The maximum Gasteiger partial charge on any atom is 0.324 e. The van der Waals surface area contributed by atoms with E-state index < -0.39 is 21.2 Å². The quantitative estimate of drug-likeness (QED) is 0.182. The number of para-hydroxylation sites is 2. The summed E-state index contributed by atoms with van der Waals surface area (Å²) in [5, 5.41) is 45.8. The number of nitro groups is 2. The Morgan fingerprint density at radius 3 is 2.22 bits per heavy atom. The summed E-state index contributed by atoms with van der Waals surface area (Å²) in [4.78, 5) is 21.6. The molecule has 0 amide bonds. The third-order valence-corrected chi connectivity index (χ3v) is 4.99. The average molecular weight is 477 g/mol. The highest BCUT2D eigenvalue weighted by molar-refractivity contribution is 6.37. The molecule has 0 saturated heterocycles. The van der Waals surface area contributed by atoms with E-state index in [9.17, 15) is 25.3 Å². The van der Waals surface area contributed by atoms with E-state index in [0.717, 1.165) is 12.1 Å². The minimum absolute atomic E-state index is 0.00446. The normalized spacial score (nSPS) is 10.8. The highest BCUT2D eigenvalue weighted by Gasteiger charge is 2.27. The van der Waals surface area contributed by atoms with Crippen LogP contribution < -0.4 is 10.6 Å². The van der Waals surface area contributed by atoms with Crippen molar-refractivity contribution in [3.63, 3.8) is 0 Å². The van der Waals surface area contributed by atoms with Gasteiger partial charge in [0, 0.05) is 6.07 Å². The van der Waals surface area contributed by atoms with Crippen LogP contribution in [0.2, 0.25) is 10.0 Å². The average Bonchev–Trinajstić information content (AvgIpc) is 3.21. The SMILES string of the molecule is O=[N+]([O-])c1cc(Nc2cc(Nc3ccccc3O)c3nonc3c2[N+](=O)[O-])c(Cl)cc1Cl. The summed E-state index contributed by atoms with van der Waals surface area (Å²) in [5.74, 6) is -0.0821. The fraction of sp³-hybridized carbons (Fsp3) is 0. The van der Waals surface area contributed by atoms with E-state index in [1.165, 1.54) is 12.1 Å². The van der Waals surface area contributed by atoms with E-state index in [0.29, 0.717) is 0 Å². The van der Waals surface area contributed by atoms with Gasteiger partial charge in [0.15, 0.2) is 5.52 Å². The Bertz CT molecular complexity index is 1390. The van der Waals surface area contributed by atoms with Crippen molar-refractivity contribution < 1.29 is 19.6 Å². The Balaban J connectivity index is 1.88. The van der Waals surface area contributed by atoms with Crippen LogP contribution in [0.15, 0.2) is 47.1 Å². The molecule has 0 radical (unpaired) electrons. The summed E-state index contributed by atoms with van der Waals surface area (Å²) in [6.07, 6.45) is 0. The molecule has 0 fully saturated rings. The number of aromatic nitrogens is 2. The summed E-state index contributed by atoms with van der Waals surface area (Å²) < 4.78 is 4.69. The Kier molecular flexibility index (Phi) is 5.38. The van der Waals surface area contributed by atoms with E-state index in [4.69, 9.17) is 27.8 Å². The molecule has 4 rings (SSSR count). The first kappa shape index (κ1) is 21.1. The van der Waals surface area contributed by atoms with E-state index in [-0.39, 0.29) is 49.6 Å². The maximum atomic E-state index is 11.8. The van der Waals surface area contributed by atoms with Crippen LogP contribution in [-0.4, -0.2) is 25.3 Å². The molecule has 162 valence electrons. The summed E-state index contributed by atoms with van der Waals surface area (Å²) in [7, 11) is 0. The zero-order valence-electron chi connectivity index (χ0n) is 15.6. The van der Waals surface area contributed by atoms with Crippen molar-refractivity contribution in [1.82, 2.24) is 10.3 Å².